The fourth-order valence-electron chi connectivity index (χ4n) is 3.18. The zero-order valence-corrected chi connectivity index (χ0v) is 12.9. The van der Waals surface area contributed by atoms with Crippen LogP contribution in [-0.4, -0.2) is 47.7 Å². The van der Waals surface area contributed by atoms with E-state index in [1.54, 1.807) is 18.1 Å². The maximum Gasteiger partial charge on any atom is 0.305 e. The van der Waals surface area contributed by atoms with Crippen molar-refractivity contribution >= 4 is 22.6 Å². The molecule has 2 aromatic carbocycles. The van der Waals surface area contributed by atoms with Gasteiger partial charge >= 0.3 is 5.97 Å². The lowest BCUT2D eigenvalue weighted by molar-refractivity contribution is -0.137. The first-order valence-electron chi connectivity index (χ1n) is 7.63. The minimum atomic E-state index is -0.900. The van der Waals surface area contributed by atoms with Gasteiger partial charge in [-0.1, -0.05) is 30.3 Å². The molecule has 0 saturated carbocycles. The molecule has 1 N–H and O–H groups in total. The predicted molar refractivity (Wildman–Crippen MR) is 86.4 cm³/mol. The molecule has 23 heavy (non-hydrogen) atoms. The van der Waals surface area contributed by atoms with E-state index in [9.17, 15) is 9.59 Å². The summed E-state index contributed by atoms with van der Waals surface area (Å²) in [6.07, 6.45) is 0.394. The van der Waals surface area contributed by atoms with Crippen LogP contribution >= 0.6 is 0 Å². The van der Waals surface area contributed by atoms with Crippen molar-refractivity contribution in [2.24, 2.45) is 0 Å². The Bertz CT molecular complexity index is 743. The fraction of sp³-hybridized carbons (Fsp3) is 0.333. The Hall–Kier alpha value is -2.40. The summed E-state index contributed by atoms with van der Waals surface area (Å²) >= 11 is 0. The minimum Gasteiger partial charge on any atom is -0.481 e. The molecule has 1 amide bonds. The van der Waals surface area contributed by atoms with Crippen molar-refractivity contribution in [3.63, 3.8) is 0 Å². The average molecular weight is 313 g/mol. The maximum atomic E-state index is 12.8. The number of carbonyl (C=O) groups is 2. The molecule has 0 bridgehead atoms. The number of likely N-dealkylation sites (tertiary alicyclic amines) is 1. The number of carboxylic acids is 1. The van der Waals surface area contributed by atoms with Crippen LogP contribution in [0, 0.1) is 0 Å². The molecule has 1 saturated heterocycles. The van der Waals surface area contributed by atoms with E-state index in [0.717, 1.165) is 10.8 Å². The molecule has 5 nitrogen and oxygen atoms in total. The fourth-order valence-corrected chi connectivity index (χ4v) is 3.18. The van der Waals surface area contributed by atoms with Gasteiger partial charge in [0.05, 0.1) is 12.5 Å². The number of carboxylic acid groups (broad SMARTS) is 1. The Kier molecular flexibility index (Phi) is 4.30. The van der Waals surface area contributed by atoms with E-state index in [-0.39, 0.29) is 24.5 Å². The molecule has 5 heteroatoms. The molecule has 0 spiro atoms. The van der Waals surface area contributed by atoms with Gasteiger partial charge in [-0.15, -0.1) is 0 Å². The van der Waals surface area contributed by atoms with Gasteiger partial charge in [-0.2, -0.15) is 0 Å². The highest BCUT2D eigenvalue weighted by Gasteiger charge is 2.36. The number of fused-ring (bicyclic) bond motifs is 1. The Labute approximate surface area is 134 Å². The number of aliphatic carboxylic acids is 1. The molecule has 120 valence electrons. The van der Waals surface area contributed by atoms with E-state index in [2.05, 4.69) is 0 Å². The second kappa shape index (κ2) is 6.38. The van der Waals surface area contributed by atoms with Gasteiger partial charge in [0.2, 0.25) is 0 Å². The van der Waals surface area contributed by atoms with Gasteiger partial charge in [0, 0.05) is 25.3 Å². The van der Waals surface area contributed by atoms with Gasteiger partial charge in [0.25, 0.3) is 5.91 Å². The van der Waals surface area contributed by atoms with Crippen molar-refractivity contribution in [3.8, 4) is 0 Å². The number of hydrogen-bond acceptors (Lipinski definition) is 3. The van der Waals surface area contributed by atoms with E-state index < -0.39 is 5.97 Å². The lowest BCUT2D eigenvalue weighted by atomic mass is 10.1. The number of carbonyl (C=O) groups excluding carboxylic acids is 1. The highest BCUT2D eigenvalue weighted by Crippen LogP contribution is 2.26. The summed E-state index contributed by atoms with van der Waals surface area (Å²) in [6, 6.07) is 13.1. The first-order valence-corrected chi connectivity index (χ1v) is 7.63. The Morgan fingerprint density at radius 1 is 1.22 bits per heavy atom. The van der Waals surface area contributed by atoms with Crippen molar-refractivity contribution in [1.29, 1.82) is 0 Å². The van der Waals surface area contributed by atoms with Crippen molar-refractivity contribution in [2.75, 3.05) is 13.7 Å². The first-order chi connectivity index (χ1) is 11.1. The number of nitrogens with zero attached hydrogens (tertiary/aromatic N) is 1. The summed E-state index contributed by atoms with van der Waals surface area (Å²) < 4.78 is 5.32. The third-order valence-corrected chi connectivity index (χ3v) is 4.38. The Morgan fingerprint density at radius 2 is 1.96 bits per heavy atom. The molecule has 1 aliphatic heterocycles. The smallest absolute Gasteiger partial charge is 0.305 e. The predicted octanol–water partition coefficient (Wildman–Crippen LogP) is 2.54. The minimum absolute atomic E-state index is 0.0564. The van der Waals surface area contributed by atoms with Crippen LogP contribution in [0.4, 0.5) is 0 Å². The summed E-state index contributed by atoms with van der Waals surface area (Å²) in [5.41, 5.74) is 0.579. The molecule has 1 aliphatic rings. The monoisotopic (exact) mass is 313 g/mol. The van der Waals surface area contributed by atoms with Crippen molar-refractivity contribution in [1.82, 2.24) is 4.90 Å². The molecular weight excluding hydrogens is 294 g/mol. The van der Waals surface area contributed by atoms with E-state index >= 15 is 0 Å². The molecule has 1 heterocycles. The molecular formula is C18H19NO4. The zero-order valence-electron chi connectivity index (χ0n) is 12.9. The van der Waals surface area contributed by atoms with Crippen molar-refractivity contribution < 1.29 is 19.4 Å². The SMILES string of the molecule is COC1CC(CC(=O)O)N(C(=O)c2ccc3ccccc3c2)C1. The lowest BCUT2D eigenvalue weighted by Gasteiger charge is -2.23. The topological polar surface area (TPSA) is 66.8 Å². The summed E-state index contributed by atoms with van der Waals surface area (Å²) in [4.78, 5) is 25.5. The van der Waals surface area contributed by atoms with Crippen LogP contribution in [0.1, 0.15) is 23.2 Å². The van der Waals surface area contributed by atoms with Crippen molar-refractivity contribution in [2.45, 2.75) is 25.0 Å². The molecule has 0 radical (unpaired) electrons. The standard InChI is InChI=1S/C18H19NO4/c1-23-16-9-15(10-17(20)21)19(11-16)18(22)14-7-6-12-4-2-3-5-13(12)8-14/h2-8,15-16H,9-11H2,1H3,(H,20,21). The average Bonchev–Trinajstić information content (AvgIpc) is 2.96. The number of rotatable bonds is 4. The largest absolute Gasteiger partial charge is 0.481 e. The molecule has 2 atom stereocenters. The van der Waals surface area contributed by atoms with Crippen LogP contribution in [0.2, 0.25) is 0 Å². The highest BCUT2D eigenvalue weighted by atomic mass is 16.5. The number of amides is 1. The summed E-state index contributed by atoms with van der Waals surface area (Å²) in [7, 11) is 1.59. The maximum absolute atomic E-state index is 12.8. The van der Waals surface area contributed by atoms with Gasteiger partial charge in [-0.3, -0.25) is 9.59 Å². The molecule has 1 fully saturated rings. The van der Waals surface area contributed by atoms with E-state index in [1.165, 1.54) is 0 Å². The summed E-state index contributed by atoms with van der Waals surface area (Å²) in [5.74, 6) is -1.04. The van der Waals surface area contributed by atoms with E-state index in [4.69, 9.17) is 9.84 Å². The Morgan fingerprint density at radius 3 is 2.65 bits per heavy atom. The summed E-state index contributed by atoms with van der Waals surface area (Å²) in [6.45, 7) is 0.431. The normalized spacial score (nSPS) is 20.8. The lowest BCUT2D eigenvalue weighted by Crippen LogP contribution is -2.37. The molecule has 2 unspecified atom stereocenters. The number of benzene rings is 2. The second-order valence-corrected chi connectivity index (χ2v) is 5.86. The van der Waals surface area contributed by atoms with Gasteiger partial charge in [0.1, 0.15) is 0 Å². The van der Waals surface area contributed by atoms with Gasteiger partial charge in [-0.05, 0) is 29.3 Å². The third-order valence-electron chi connectivity index (χ3n) is 4.38. The van der Waals surface area contributed by atoms with Crippen molar-refractivity contribution in [3.05, 3.63) is 48.0 Å². The van der Waals surface area contributed by atoms with Gasteiger partial charge < -0.3 is 14.7 Å². The van der Waals surface area contributed by atoms with E-state index in [1.807, 2.05) is 36.4 Å². The molecule has 3 rings (SSSR count). The van der Waals surface area contributed by atoms with Crippen LogP contribution in [0.25, 0.3) is 10.8 Å². The van der Waals surface area contributed by atoms with Crippen LogP contribution in [0.5, 0.6) is 0 Å². The number of methoxy groups -OCH3 is 1. The molecule has 2 aromatic rings. The van der Waals surface area contributed by atoms with Crippen LogP contribution in [0.3, 0.4) is 0 Å². The number of hydrogen-bond donors (Lipinski definition) is 1. The second-order valence-electron chi connectivity index (χ2n) is 5.86. The quantitative estimate of drug-likeness (QED) is 0.942. The van der Waals surface area contributed by atoms with E-state index in [0.29, 0.717) is 18.5 Å². The Balaban J connectivity index is 1.88. The zero-order chi connectivity index (χ0) is 16.4. The third kappa shape index (κ3) is 3.19. The highest BCUT2D eigenvalue weighted by molar-refractivity contribution is 5.99. The molecule has 0 aromatic heterocycles. The summed E-state index contributed by atoms with van der Waals surface area (Å²) in [5, 5.41) is 11.1. The number of ether oxygens (including phenoxy) is 1. The van der Waals surface area contributed by atoms with Crippen LogP contribution in [0.15, 0.2) is 42.5 Å². The van der Waals surface area contributed by atoms with Gasteiger partial charge in [-0.25, -0.2) is 0 Å². The van der Waals surface area contributed by atoms with Crippen LogP contribution in [-0.2, 0) is 9.53 Å². The van der Waals surface area contributed by atoms with Gasteiger partial charge in [0.15, 0.2) is 0 Å². The molecule has 0 aliphatic carbocycles. The van der Waals surface area contributed by atoms with Crippen LogP contribution < -0.4 is 0 Å². The first kappa shape index (κ1) is 15.5.